The Morgan fingerprint density at radius 3 is 2.94 bits per heavy atom. The number of amidine groups is 1. The number of nitrogens with zero attached hydrogens (tertiary/aromatic N) is 1. The van der Waals surface area contributed by atoms with Gasteiger partial charge in [-0.2, -0.15) is 0 Å². The summed E-state index contributed by atoms with van der Waals surface area (Å²) in [5, 5.41) is 15.3. The average Bonchev–Trinajstić information content (AvgIpc) is 2.39. The average molecular weight is 266 g/mol. The van der Waals surface area contributed by atoms with Crippen molar-refractivity contribution in [3.05, 3.63) is 34.3 Å². The predicted molar refractivity (Wildman–Crippen MR) is 73.7 cm³/mol. The molecule has 0 aromatic heterocycles. The molecule has 1 aromatic rings. The third kappa shape index (κ3) is 4.28. The molecule has 0 spiro atoms. The Morgan fingerprint density at radius 2 is 2.33 bits per heavy atom. The monoisotopic (exact) mass is 265 g/mol. The highest BCUT2D eigenvalue weighted by Crippen LogP contribution is 2.17. The zero-order chi connectivity index (χ0) is 13.4. The summed E-state index contributed by atoms with van der Waals surface area (Å²) in [7, 11) is 0. The molecule has 0 atom stereocenters. The summed E-state index contributed by atoms with van der Waals surface area (Å²) < 4.78 is 0. The molecule has 96 valence electrons. The summed E-state index contributed by atoms with van der Waals surface area (Å²) in [6.45, 7) is 1.52. The van der Waals surface area contributed by atoms with Gasteiger partial charge in [-0.3, -0.25) is 0 Å². The van der Waals surface area contributed by atoms with Crippen LogP contribution in [-0.2, 0) is 6.54 Å². The number of oxime groups is 1. The molecule has 1 aromatic carbocycles. The summed E-state index contributed by atoms with van der Waals surface area (Å²) in [6, 6.07) is 5.29. The molecule has 0 aliphatic carbocycles. The van der Waals surface area contributed by atoms with Crippen LogP contribution in [0, 0.1) is 12.3 Å². The van der Waals surface area contributed by atoms with Gasteiger partial charge in [0.2, 0.25) is 0 Å². The number of nitrogens with two attached hydrogens (primary N) is 1. The van der Waals surface area contributed by atoms with E-state index in [4.69, 9.17) is 29.0 Å². The van der Waals surface area contributed by atoms with Crippen molar-refractivity contribution >= 4 is 17.4 Å². The quantitative estimate of drug-likeness (QED) is 0.184. The SMILES string of the molecule is C#CCCCNCc1ccc(/C(N)=N\O)cc1Cl. The molecule has 18 heavy (non-hydrogen) atoms. The minimum atomic E-state index is 0.0467. The topological polar surface area (TPSA) is 70.6 Å². The highest BCUT2D eigenvalue weighted by molar-refractivity contribution is 6.31. The van der Waals surface area contributed by atoms with Crippen molar-refractivity contribution in [1.82, 2.24) is 5.32 Å². The minimum Gasteiger partial charge on any atom is -0.409 e. The first-order valence-corrected chi connectivity index (χ1v) is 5.97. The van der Waals surface area contributed by atoms with Crippen molar-refractivity contribution in [2.24, 2.45) is 10.9 Å². The normalized spacial score (nSPS) is 11.2. The fourth-order valence-corrected chi connectivity index (χ4v) is 1.69. The van der Waals surface area contributed by atoms with Crippen molar-refractivity contribution < 1.29 is 5.21 Å². The van der Waals surface area contributed by atoms with Crippen molar-refractivity contribution in [3.8, 4) is 12.3 Å². The summed E-state index contributed by atoms with van der Waals surface area (Å²) in [4.78, 5) is 0. The highest BCUT2D eigenvalue weighted by atomic mass is 35.5. The van der Waals surface area contributed by atoms with Gasteiger partial charge in [0.1, 0.15) is 0 Å². The molecule has 0 saturated carbocycles. The first-order valence-electron chi connectivity index (χ1n) is 5.59. The Kier molecular flexibility index (Phi) is 6.06. The Morgan fingerprint density at radius 1 is 1.56 bits per heavy atom. The lowest BCUT2D eigenvalue weighted by molar-refractivity contribution is 0.318. The van der Waals surface area contributed by atoms with Gasteiger partial charge in [-0.15, -0.1) is 12.3 Å². The fraction of sp³-hybridized carbons (Fsp3) is 0.308. The molecule has 0 fully saturated rings. The van der Waals surface area contributed by atoms with Crippen molar-refractivity contribution in [1.29, 1.82) is 0 Å². The van der Waals surface area contributed by atoms with E-state index >= 15 is 0 Å². The molecule has 0 unspecified atom stereocenters. The molecule has 0 saturated heterocycles. The third-order valence-corrected chi connectivity index (χ3v) is 2.80. The number of benzene rings is 1. The molecule has 1 rings (SSSR count). The maximum Gasteiger partial charge on any atom is 0.170 e. The van der Waals surface area contributed by atoms with E-state index in [0.717, 1.165) is 24.9 Å². The number of unbranched alkanes of at least 4 members (excludes halogenated alkanes) is 1. The van der Waals surface area contributed by atoms with Crippen LogP contribution in [-0.4, -0.2) is 17.6 Å². The molecular weight excluding hydrogens is 250 g/mol. The second-order valence-electron chi connectivity index (χ2n) is 3.78. The summed E-state index contributed by atoms with van der Waals surface area (Å²) >= 11 is 6.11. The molecule has 4 N–H and O–H groups in total. The van der Waals surface area contributed by atoms with E-state index < -0.39 is 0 Å². The van der Waals surface area contributed by atoms with Gasteiger partial charge in [0.15, 0.2) is 5.84 Å². The molecule has 4 nitrogen and oxygen atoms in total. The molecule has 0 amide bonds. The van der Waals surface area contributed by atoms with Crippen molar-refractivity contribution in [2.75, 3.05) is 6.54 Å². The van der Waals surface area contributed by atoms with E-state index in [1.807, 2.05) is 6.07 Å². The number of nitrogens with one attached hydrogen (secondary N) is 1. The van der Waals surface area contributed by atoms with Crippen LogP contribution in [0.4, 0.5) is 0 Å². The van der Waals surface area contributed by atoms with Gasteiger partial charge >= 0.3 is 0 Å². The van der Waals surface area contributed by atoms with Crippen LogP contribution in [0.1, 0.15) is 24.0 Å². The Labute approximate surface area is 112 Å². The Bertz CT molecular complexity index is 466. The lowest BCUT2D eigenvalue weighted by Gasteiger charge is -2.07. The second-order valence-corrected chi connectivity index (χ2v) is 4.18. The number of rotatable bonds is 6. The first-order chi connectivity index (χ1) is 8.69. The zero-order valence-corrected chi connectivity index (χ0v) is 10.7. The molecule has 0 aliphatic rings. The van der Waals surface area contributed by atoms with E-state index in [1.54, 1.807) is 12.1 Å². The second kappa shape index (κ2) is 7.59. The Hall–Kier alpha value is -1.70. The van der Waals surface area contributed by atoms with Gasteiger partial charge in [-0.1, -0.05) is 28.9 Å². The lowest BCUT2D eigenvalue weighted by Crippen LogP contribution is -2.16. The van der Waals surface area contributed by atoms with Gasteiger partial charge in [0.25, 0.3) is 0 Å². The van der Waals surface area contributed by atoms with Crippen LogP contribution >= 0.6 is 11.6 Å². The molecule has 5 heteroatoms. The fourth-order valence-electron chi connectivity index (χ4n) is 1.45. The summed E-state index contributed by atoms with van der Waals surface area (Å²) in [5.41, 5.74) is 7.04. The molecule has 0 radical (unpaired) electrons. The number of hydrogen-bond donors (Lipinski definition) is 3. The smallest absolute Gasteiger partial charge is 0.170 e. The van der Waals surface area contributed by atoms with E-state index in [1.165, 1.54) is 0 Å². The molecule has 0 heterocycles. The highest BCUT2D eigenvalue weighted by Gasteiger charge is 2.04. The van der Waals surface area contributed by atoms with Gasteiger partial charge in [0.05, 0.1) is 0 Å². The van der Waals surface area contributed by atoms with Crippen LogP contribution in [0.3, 0.4) is 0 Å². The Balaban J connectivity index is 2.55. The predicted octanol–water partition coefficient (Wildman–Crippen LogP) is 1.94. The third-order valence-electron chi connectivity index (χ3n) is 2.45. The minimum absolute atomic E-state index is 0.0467. The lowest BCUT2D eigenvalue weighted by atomic mass is 10.1. The van der Waals surface area contributed by atoms with Crippen LogP contribution in [0.5, 0.6) is 0 Å². The standard InChI is InChI=1S/C13H16ClN3O/c1-2-3-4-7-16-9-11-6-5-10(8-12(11)14)13(15)17-18/h1,5-6,8,16,18H,3-4,7,9H2,(H2,15,17). The number of hydrogen-bond acceptors (Lipinski definition) is 3. The molecule has 0 aliphatic heterocycles. The van der Waals surface area contributed by atoms with Crippen LogP contribution in [0.25, 0.3) is 0 Å². The molecular formula is C13H16ClN3O. The molecule has 0 bridgehead atoms. The van der Waals surface area contributed by atoms with Crippen molar-refractivity contribution in [3.63, 3.8) is 0 Å². The van der Waals surface area contributed by atoms with Gasteiger partial charge in [-0.25, -0.2) is 0 Å². The van der Waals surface area contributed by atoms with E-state index in [2.05, 4.69) is 16.4 Å². The zero-order valence-electron chi connectivity index (χ0n) is 9.99. The maximum absolute atomic E-state index is 8.56. The van der Waals surface area contributed by atoms with Gasteiger partial charge < -0.3 is 16.3 Å². The van der Waals surface area contributed by atoms with Gasteiger partial charge in [0, 0.05) is 23.6 Å². The summed E-state index contributed by atoms with van der Waals surface area (Å²) in [6.07, 6.45) is 6.87. The van der Waals surface area contributed by atoms with Crippen LogP contribution in [0.2, 0.25) is 5.02 Å². The van der Waals surface area contributed by atoms with Crippen LogP contribution < -0.4 is 11.1 Å². The first kappa shape index (κ1) is 14.4. The van der Waals surface area contributed by atoms with Crippen LogP contribution in [0.15, 0.2) is 23.4 Å². The van der Waals surface area contributed by atoms with E-state index in [-0.39, 0.29) is 5.84 Å². The largest absolute Gasteiger partial charge is 0.409 e. The summed E-state index contributed by atoms with van der Waals surface area (Å²) in [5.74, 6) is 2.63. The number of halogens is 1. The van der Waals surface area contributed by atoms with E-state index in [9.17, 15) is 0 Å². The van der Waals surface area contributed by atoms with Gasteiger partial charge in [-0.05, 0) is 24.6 Å². The maximum atomic E-state index is 8.56. The van der Waals surface area contributed by atoms with E-state index in [0.29, 0.717) is 17.1 Å². The van der Waals surface area contributed by atoms with Crippen molar-refractivity contribution in [2.45, 2.75) is 19.4 Å². The number of terminal acetylenes is 1.